The van der Waals surface area contributed by atoms with Crippen molar-refractivity contribution >= 4 is 6.09 Å². The minimum atomic E-state index is -1.26. The van der Waals surface area contributed by atoms with E-state index in [9.17, 15) is 9.18 Å². The smallest absolute Gasteiger partial charge is 0.404 e. The highest BCUT2D eigenvalue weighted by Gasteiger charge is 2.28. The number of carboxylic acid groups (broad SMARTS) is 1. The first kappa shape index (κ1) is 13.1. The topological polar surface area (TPSA) is 84.6 Å². The number of carbonyl (C=O) groups is 1. The minimum absolute atomic E-state index is 0.112. The Hall–Kier alpha value is -0.880. The largest absolute Gasteiger partial charge is 0.465 e. The van der Waals surface area contributed by atoms with E-state index in [-0.39, 0.29) is 19.7 Å². The van der Waals surface area contributed by atoms with E-state index >= 15 is 0 Å². The Balaban J connectivity index is 3.70. The van der Waals surface area contributed by atoms with Crippen molar-refractivity contribution in [2.24, 2.45) is 5.73 Å². The molecule has 0 aliphatic carbocycles. The molecule has 84 valence electrons. The van der Waals surface area contributed by atoms with Gasteiger partial charge in [-0.1, -0.05) is 0 Å². The van der Waals surface area contributed by atoms with Crippen molar-refractivity contribution in [2.45, 2.75) is 25.6 Å². The predicted molar refractivity (Wildman–Crippen MR) is 50.0 cm³/mol. The molecule has 4 N–H and O–H groups in total. The SMILES string of the molecule is CC(C)(OCCNC(=O)O)C(F)CN. The third kappa shape index (κ3) is 4.98. The van der Waals surface area contributed by atoms with E-state index < -0.39 is 17.9 Å². The molecular weight excluding hydrogens is 191 g/mol. The maximum absolute atomic E-state index is 13.1. The van der Waals surface area contributed by atoms with E-state index in [1.807, 2.05) is 0 Å². The van der Waals surface area contributed by atoms with Gasteiger partial charge in [-0.05, 0) is 13.8 Å². The molecule has 0 aromatic heterocycles. The van der Waals surface area contributed by atoms with E-state index in [1.54, 1.807) is 13.8 Å². The molecule has 0 aliphatic rings. The van der Waals surface area contributed by atoms with Crippen molar-refractivity contribution in [1.29, 1.82) is 0 Å². The van der Waals surface area contributed by atoms with Crippen molar-refractivity contribution in [2.75, 3.05) is 19.7 Å². The molecule has 0 rings (SSSR count). The minimum Gasteiger partial charge on any atom is -0.465 e. The van der Waals surface area contributed by atoms with Crippen molar-refractivity contribution in [3.05, 3.63) is 0 Å². The molecule has 5 nitrogen and oxygen atoms in total. The van der Waals surface area contributed by atoms with Crippen LogP contribution in [0.5, 0.6) is 0 Å². The van der Waals surface area contributed by atoms with Gasteiger partial charge in [0.25, 0.3) is 0 Å². The van der Waals surface area contributed by atoms with Crippen LogP contribution < -0.4 is 11.1 Å². The van der Waals surface area contributed by atoms with Gasteiger partial charge in [0.1, 0.15) is 6.17 Å². The number of alkyl halides is 1. The first-order chi connectivity index (χ1) is 6.40. The second-order valence-electron chi connectivity index (χ2n) is 3.39. The summed E-state index contributed by atoms with van der Waals surface area (Å²) in [5, 5.41) is 10.4. The average molecular weight is 208 g/mol. The summed E-state index contributed by atoms with van der Waals surface area (Å²) < 4.78 is 18.3. The van der Waals surface area contributed by atoms with Crippen LogP contribution in [-0.2, 0) is 4.74 Å². The van der Waals surface area contributed by atoms with Crippen LogP contribution in [0.2, 0.25) is 0 Å². The lowest BCUT2D eigenvalue weighted by molar-refractivity contribution is -0.0659. The summed E-state index contributed by atoms with van der Waals surface area (Å²) in [5.41, 5.74) is 4.17. The predicted octanol–water partition coefficient (Wildman–Crippen LogP) is 0.346. The summed E-state index contributed by atoms with van der Waals surface area (Å²) in [6.45, 7) is 3.30. The van der Waals surface area contributed by atoms with Crippen LogP contribution in [0.3, 0.4) is 0 Å². The Kier molecular flexibility index (Phi) is 5.40. The number of rotatable bonds is 6. The Morgan fingerprint density at radius 3 is 2.71 bits per heavy atom. The lowest BCUT2D eigenvalue weighted by Crippen LogP contribution is -2.42. The first-order valence-corrected chi connectivity index (χ1v) is 4.35. The Bertz CT molecular complexity index is 187. The van der Waals surface area contributed by atoms with Crippen LogP contribution in [0.15, 0.2) is 0 Å². The Morgan fingerprint density at radius 1 is 1.71 bits per heavy atom. The standard InChI is InChI=1S/C8H17FN2O3/c1-8(2,6(9)5-10)14-4-3-11-7(12)13/h6,11H,3-5,10H2,1-2H3,(H,12,13). The molecule has 0 saturated heterocycles. The summed E-state index contributed by atoms with van der Waals surface area (Å²) in [6, 6.07) is 0. The monoisotopic (exact) mass is 208 g/mol. The van der Waals surface area contributed by atoms with Gasteiger partial charge in [0.15, 0.2) is 0 Å². The third-order valence-corrected chi connectivity index (χ3v) is 1.81. The highest BCUT2D eigenvalue weighted by molar-refractivity contribution is 5.64. The van der Waals surface area contributed by atoms with Crippen molar-refractivity contribution in [3.63, 3.8) is 0 Å². The van der Waals surface area contributed by atoms with E-state index in [1.165, 1.54) is 0 Å². The number of hydrogen-bond donors (Lipinski definition) is 3. The molecule has 1 amide bonds. The average Bonchev–Trinajstić information content (AvgIpc) is 2.10. The highest BCUT2D eigenvalue weighted by atomic mass is 19.1. The number of ether oxygens (including phenoxy) is 1. The van der Waals surface area contributed by atoms with E-state index in [0.717, 1.165) is 0 Å². The maximum atomic E-state index is 13.1. The fraction of sp³-hybridized carbons (Fsp3) is 0.875. The summed E-state index contributed by atoms with van der Waals surface area (Å²) in [6.07, 6.45) is -2.38. The van der Waals surface area contributed by atoms with Gasteiger partial charge in [-0.15, -0.1) is 0 Å². The lowest BCUT2D eigenvalue weighted by atomic mass is 10.0. The summed E-state index contributed by atoms with van der Waals surface area (Å²) in [5.74, 6) is 0. The normalized spacial score (nSPS) is 13.7. The van der Waals surface area contributed by atoms with Gasteiger partial charge in [-0.2, -0.15) is 0 Å². The van der Waals surface area contributed by atoms with Crippen LogP contribution in [0, 0.1) is 0 Å². The van der Waals surface area contributed by atoms with Gasteiger partial charge in [0.05, 0.1) is 12.2 Å². The van der Waals surface area contributed by atoms with E-state index in [0.29, 0.717) is 0 Å². The molecule has 0 aliphatic heterocycles. The zero-order valence-corrected chi connectivity index (χ0v) is 8.42. The van der Waals surface area contributed by atoms with Gasteiger partial charge in [0.2, 0.25) is 0 Å². The van der Waals surface area contributed by atoms with Crippen LogP contribution in [0.25, 0.3) is 0 Å². The Labute approximate surface area is 82.4 Å². The van der Waals surface area contributed by atoms with Crippen molar-refractivity contribution in [1.82, 2.24) is 5.32 Å². The van der Waals surface area contributed by atoms with E-state index in [4.69, 9.17) is 15.6 Å². The number of nitrogens with one attached hydrogen (secondary N) is 1. The maximum Gasteiger partial charge on any atom is 0.404 e. The zero-order chi connectivity index (χ0) is 11.2. The molecule has 0 aromatic carbocycles. The molecule has 1 atom stereocenters. The van der Waals surface area contributed by atoms with Crippen molar-refractivity contribution < 1.29 is 19.0 Å². The van der Waals surface area contributed by atoms with Gasteiger partial charge in [0, 0.05) is 13.1 Å². The molecule has 0 heterocycles. The Morgan fingerprint density at radius 2 is 2.29 bits per heavy atom. The van der Waals surface area contributed by atoms with Gasteiger partial charge < -0.3 is 20.9 Å². The molecule has 0 radical (unpaired) electrons. The van der Waals surface area contributed by atoms with Gasteiger partial charge in [-0.25, -0.2) is 9.18 Å². The molecule has 0 fully saturated rings. The number of hydrogen-bond acceptors (Lipinski definition) is 3. The van der Waals surface area contributed by atoms with Crippen LogP contribution in [-0.4, -0.2) is 42.7 Å². The molecule has 1 unspecified atom stereocenters. The number of nitrogens with two attached hydrogens (primary N) is 1. The molecule has 0 aromatic rings. The van der Waals surface area contributed by atoms with Gasteiger partial charge >= 0.3 is 6.09 Å². The molecule has 14 heavy (non-hydrogen) atoms. The summed E-state index contributed by atoms with van der Waals surface area (Å²) in [4.78, 5) is 10.1. The van der Waals surface area contributed by atoms with E-state index in [2.05, 4.69) is 5.32 Å². The second kappa shape index (κ2) is 5.77. The van der Waals surface area contributed by atoms with Crippen LogP contribution in [0.1, 0.15) is 13.8 Å². The fourth-order valence-electron chi connectivity index (χ4n) is 0.846. The second-order valence-corrected chi connectivity index (χ2v) is 3.39. The summed E-state index contributed by atoms with van der Waals surface area (Å²) >= 11 is 0. The lowest BCUT2D eigenvalue weighted by Gasteiger charge is -2.28. The molecule has 0 saturated carbocycles. The molecule has 6 heteroatoms. The molecule has 0 spiro atoms. The molecular formula is C8H17FN2O3. The summed E-state index contributed by atoms with van der Waals surface area (Å²) in [7, 11) is 0. The van der Waals surface area contributed by atoms with Gasteiger partial charge in [-0.3, -0.25) is 0 Å². The van der Waals surface area contributed by atoms with Crippen molar-refractivity contribution in [3.8, 4) is 0 Å². The number of halogens is 1. The number of amides is 1. The quantitative estimate of drug-likeness (QED) is 0.550. The van der Waals surface area contributed by atoms with Crippen LogP contribution in [0.4, 0.5) is 9.18 Å². The molecule has 0 bridgehead atoms. The third-order valence-electron chi connectivity index (χ3n) is 1.81. The zero-order valence-electron chi connectivity index (χ0n) is 8.42. The first-order valence-electron chi connectivity index (χ1n) is 4.35. The fourth-order valence-corrected chi connectivity index (χ4v) is 0.846. The van der Waals surface area contributed by atoms with Crippen LogP contribution >= 0.6 is 0 Å². The highest BCUT2D eigenvalue weighted by Crippen LogP contribution is 2.16.